The summed E-state index contributed by atoms with van der Waals surface area (Å²) in [5.41, 5.74) is 0. The molecule has 2 rings (SSSR count). The van der Waals surface area contributed by atoms with Crippen LogP contribution in [0.5, 0.6) is 0 Å². The molecule has 1 aromatic heterocycles. The molecule has 0 spiro atoms. The molecule has 1 aromatic carbocycles. The van der Waals surface area contributed by atoms with Gasteiger partial charge in [-0.25, -0.2) is 8.42 Å². The van der Waals surface area contributed by atoms with Crippen LogP contribution in [0.4, 0.5) is 0 Å². The number of benzene rings is 1. The van der Waals surface area contributed by atoms with E-state index in [0.717, 1.165) is 0 Å². The van der Waals surface area contributed by atoms with Gasteiger partial charge in [-0.2, -0.15) is 4.72 Å². The van der Waals surface area contributed by atoms with Crippen molar-refractivity contribution >= 4 is 15.9 Å². The number of sulfonamides is 1. The second kappa shape index (κ2) is 6.76. The Kier molecular flexibility index (Phi) is 4.99. The number of amides is 1. The molecule has 0 radical (unpaired) electrons. The summed E-state index contributed by atoms with van der Waals surface area (Å²) in [6, 6.07) is 10.6. The van der Waals surface area contributed by atoms with Crippen LogP contribution in [0, 0.1) is 0 Å². The molecule has 1 unspecified atom stereocenters. The molecule has 0 fully saturated rings. The van der Waals surface area contributed by atoms with Crippen LogP contribution in [-0.2, 0) is 21.4 Å². The van der Waals surface area contributed by atoms with Gasteiger partial charge in [0, 0.05) is 7.05 Å². The predicted octanol–water partition coefficient (Wildman–Crippen LogP) is 1.60. The van der Waals surface area contributed by atoms with Gasteiger partial charge in [-0.3, -0.25) is 4.79 Å². The second-order valence-electron chi connectivity index (χ2n) is 4.93. The van der Waals surface area contributed by atoms with Gasteiger partial charge in [0.05, 0.1) is 23.7 Å². The van der Waals surface area contributed by atoms with Gasteiger partial charge in [-0.05, 0) is 31.2 Å². The summed E-state index contributed by atoms with van der Waals surface area (Å²) in [6.45, 7) is 1.80. The quantitative estimate of drug-likeness (QED) is 0.876. The summed E-state index contributed by atoms with van der Waals surface area (Å²) in [7, 11) is -2.13. The van der Waals surface area contributed by atoms with Crippen LogP contribution in [-0.4, -0.2) is 32.3 Å². The van der Waals surface area contributed by atoms with Gasteiger partial charge in [-0.15, -0.1) is 0 Å². The van der Waals surface area contributed by atoms with Crippen molar-refractivity contribution in [1.29, 1.82) is 0 Å². The van der Waals surface area contributed by atoms with Crippen molar-refractivity contribution in [2.75, 3.05) is 7.05 Å². The highest BCUT2D eigenvalue weighted by atomic mass is 32.2. The van der Waals surface area contributed by atoms with Crippen LogP contribution in [0.3, 0.4) is 0 Å². The summed E-state index contributed by atoms with van der Waals surface area (Å²) in [5, 5.41) is 0. The van der Waals surface area contributed by atoms with E-state index in [4.69, 9.17) is 4.42 Å². The third kappa shape index (κ3) is 3.96. The summed E-state index contributed by atoms with van der Waals surface area (Å²) >= 11 is 0. The first-order valence-corrected chi connectivity index (χ1v) is 8.23. The molecule has 1 heterocycles. The standard InChI is InChI=1S/C15H18N2O4S/c1-12(15(18)17(2)11-13-7-6-10-21-13)16-22(19,20)14-8-4-3-5-9-14/h3-10,12,16H,11H2,1-2H3. The Labute approximate surface area is 129 Å². The SMILES string of the molecule is CC(NS(=O)(=O)c1ccccc1)C(=O)N(C)Cc1ccco1. The first-order valence-electron chi connectivity index (χ1n) is 6.75. The number of likely N-dealkylation sites (N-methyl/N-ethyl adjacent to an activating group) is 1. The van der Waals surface area contributed by atoms with E-state index in [-0.39, 0.29) is 17.3 Å². The average molecular weight is 322 g/mol. The number of nitrogens with zero attached hydrogens (tertiary/aromatic N) is 1. The van der Waals surface area contributed by atoms with Crippen molar-refractivity contribution in [3.8, 4) is 0 Å². The fourth-order valence-corrected chi connectivity index (χ4v) is 3.21. The molecule has 1 N–H and O–H groups in total. The van der Waals surface area contributed by atoms with E-state index in [1.54, 1.807) is 37.4 Å². The van der Waals surface area contributed by atoms with Crippen LogP contribution in [0.1, 0.15) is 12.7 Å². The summed E-state index contributed by atoms with van der Waals surface area (Å²) < 4.78 is 31.9. The van der Waals surface area contributed by atoms with Crippen LogP contribution >= 0.6 is 0 Å². The molecule has 22 heavy (non-hydrogen) atoms. The van der Waals surface area contributed by atoms with E-state index in [1.807, 2.05) is 0 Å². The number of hydrogen-bond acceptors (Lipinski definition) is 4. The molecule has 0 aliphatic carbocycles. The van der Waals surface area contributed by atoms with E-state index in [2.05, 4.69) is 4.72 Å². The molecule has 2 aromatic rings. The molecule has 0 aliphatic heterocycles. The lowest BCUT2D eigenvalue weighted by Crippen LogP contribution is -2.45. The Bertz CT molecular complexity index is 711. The van der Waals surface area contributed by atoms with Crippen molar-refractivity contribution in [2.24, 2.45) is 0 Å². The molecule has 118 valence electrons. The minimum atomic E-state index is -3.72. The van der Waals surface area contributed by atoms with E-state index in [9.17, 15) is 13.2 Å². The lowest BCUT2D eigenvalue weighted by molar-refractivity contribution is -0.132. The molecule has 0 aliphatic rings. The summed E-state index contributed by atoms with van der Waals surface area (Å²) in [6.07, 6.45) is 1.52. The van der Waals surface area contributed by atoms with Gasteiger partial charge in [0.25, 0.3) is 0 Å². The van der Waals surface area contributed by atoms with Crippen molar-refractivity contribution in [2.45, 2.75) is 24.4 Å². The van der Waals surface area contributed by atoms with Crippen LogP contribution in [0.15, 0.2) is 58.0 Å². The number of hydrogen-bond donors (Lipinski definition) is 1. The number of carbonyl (C=O) groups is 1. The minimum Gasteiger partial charge on any atom is -0.467 e. The van der Waals surface area contributed by atoms with E-state index in [0.29, 0.717) is 5.76 Å². The smallest absolute Gasteiger partial charge is 0.241 e. The van der Waals surface area contributed by atoms with Gasteiger partial charge >= 0.3 is 0 Å². The van der Waals surface area contributed by atoms with E-state index >= 15 is 0 Å². The van der Waals surface area contributed by atoms with Gasteiger partial charge in [0.1, 0.15) is 5.76 Å². The Morgan fingerprint density at radius 3 is 2.50 bits per heavy atom. The highest BCUT2D eigenvalue weighted by molar-refractivity contribution is 7.89. The summed E-state index contributed by atoms with van der Waals surface area (Å²) in [4.78, 5) is 13.8. The van der Waals surface area contributed by atoms with Gasteiger partial charge in [0.15, 0.2) is 0 Å². The van der Waals surface area contributed by atoms with E-state index < -0.39 is 16.1 Å². The van der Waals surface area contributed by atoms with Gasteiger partial charge in [0.2, 0.25) is 15.9 Å². The molecule has 0 saturated heterocycles. The maximum Gasteiger partial charge on any atom is 0.241 e. The molecular weight excluding hydrogens is 304 g/mol. The predicted molar refractivity (Wildman–Crippen MR) is 81.4 cm³/mol. The zero-order chi connectivity index (χ0) is 16.2. The number of furan rings is 1. The monoisotopic (exact) mass is 322 g/mol. The fraction of sp³-hybridized carbons (Fsp3) is 0.267. The maximum absolute atomic E-state index is 12.2. The first-order chi connectivity index (χ1) is 10.4. The average Bonchev–Trinajstić information content (AvgIpc) is 2.99. The van der Waals surface area contributed by atoms with Crippen LogP contribution < -0.4 is 4.72 Å². The number of carbonyl (C=O) groups excluding carboxylic acids is 1. The van der Waals surface area contributed by atoms with Gasteiger partial charge in [-0.1, -0.05) is 18.2 Å². The molecule has 1 amide bonds. The van der Waals surface area contributed by atoms with Crippen molar-refractivity contribution in [1.82, 2.24) is 9.62 Å². The second-order valence-corrected chi connectivity index (χ2v) is 6.64. The van der Waals surface area contributed by atoms with Crippen molar-refractivity contribution in [3.63, 3.8) is 0 Å². The van der Waals surface area contributed by atoms with Crippen molar-refractivity contribution < 1.29 is 17.6 Å². The Balaban J connectivity index is 2.02. The third-order valence-corrected chi connectivity index (χ3v) is 4.66. The Hall–Kier alpha value is -2.12. The minimum absolute atomic E-state index is 0.128. The highest BCUT2D eigenvalue weighted by Gasteiger charge is 2.24. The van der Waals surface area contributed by atoms with Crippen LogP contribution in [0.25, 0.3) is 0 Å². The zero-order valence-corrected chi connectivity index (χ0v) is 13.2. The third-order valence-electron chi connectivity index (χ3n) is 3.11. The first kappa shape index (κ1) is 16.3. The normalized spacial score (nSPS) is 12.8. The molecular formula is C15H18N2O4S. The lowest BCUT2D eigenvalue weighted by atomic mass is 10.3. The maximum atomic E-state index is 12.2. The zero-order valence-electron chi connectivity index (χ0n) is 12.4. The van der Waals surface area contributed by atoms with E-state index in [1.165, 1.54) is 30.2 Å². The fourth-order valence-electron chi connectivity index (χ4n) is 2.00. The molecule has 0 bridgehead atoms. The number of nitrogens with one attached hydrogen (secondary N) is 1. The number of rotatable bonds is 6. The highest BCUT2D eigenvalue weighted by Crippen LogP contribution is 2.10. The Morgan fingerprint density at radius 1 is 1.23 bits per heavy atom. The van der Waals surface area contributed by atoms with Crippen LogP contribution in [0.2, 0.25) is 0 Å². The molecule has 0 saturated carbocycles. The Morgan fingerprint density at radius 2 is 1.91 bits per heavy atom. The lowest BCUT2D eigenvalue weighted by Gasteiger charge is -2.21. The van der Waals surface area contributed by atoms with Crippen molar-refractivity contribution in [3.05, 3.63) is 54.5 Å². The molecule has 7 heteroatoms. The van der Waals surface area contributed by atoms with Gasteiger partial charge < -0.3 is 9.32 Å². The molecule has 6 nitrogen and oxygen atoms in total. The largest absolute Gasteiger partial charge is 0.467 e. The topological polar surface area (TPSA) is 79.6 Å². The summed E-state index contributed by atoms with van der Waals surface area (Å²) in [5.74, 6) is 0.296. The molecule has 1 atom stereocenters.